The molecule has 1 fully saturated rings. The van der Waals surface area contributed by atoms with Crippen molar-refractivity contribution in [2.75, 3.05) is 25.1 Å². The molecule has 1 aromatic carbocycles. The molecule has 1 heterocycles. The van der Waals surface area contributed by atoms with Gasteiger partial charge in [-0.05, 0) is 19.1 Å². The number of esters is 1. The van der Waals surface area contributed by atoms with Crippen molar-refractivity contribution in [3.63, 3.8) is 0 Å². The number of nitrogens with two attached hydrogens (primary N) is 1. The number of rotatable bonds is 4. The Balaban J connectivity index is 2.13. The Morgan fingerprint density at radius 3 is 2.80 bits per heavy atom. The van der Waals surface area contributed by atoms with Crippen LogP contribution in [0.3, 0.4) is 0 Å². The van der Waals surface area contributed by atoms with Crippen LogP contribution >= 0.6 is 0 Å². The fraction of sp³-hybridized carbons (Fsp3) is 0.429. The molecule has 1 saturated heterocycles. The smallest absolute Gasteiger partial charge is 0.340 e. The second-order valence-corrected chi connectivity index (χ2v) is 4.56. The molecule has 0 bridgehead atoms. The number of ether oxygens (including phenoxy) is 2. The second kappa shape index (κ2) is 6.49. The summed E-state index contributed by atoms with van der Waals surface area (Å²) in [7, 11) is 0. The standard InChI is InChI=1S/C14H18N2O4/c1-2-20-14(18)9-5-3-4-6-12(9)16-13(17)10-7-19-8-11(10)15/h3-6,10-11H,2,7-8,15H2,1H3,(H,16,17). The number of benzene rings is 1. The van der Waals surface area contributed by atoms with Crippen LogP contribution < -0.4 is 11.1 Å². The van der Waals surface area contributed by atoms with Crippen molar-refractivity contribution >= 4 is 17.6 Å². The maximum Gasteiger partial charge on any atom is 0.340 e. The van der Waals surface area contributed by atoms with E-state index in [0.717, 1.165) is 0 Å². The predicted molar refractivity (Wildman–Crippen MR) is 73.3 cm³/mol. The molecule has 2 rings (SSSR count). The Morgan fingerprint density at radius 2 is 2.15 bits per heavy atom. The van der Waals surface area contributed by atoms with E-state index < -0.39 is 11.9 Å². The monoisotopic (exact) mass is 278 g/mol. The summed E-state index contributed by atoms with van der Waals surface area (Å²) in [6.45, 7) is 2.68. The minimum Gasteiger partial charge on any atom is -0.462 e. The molecular formula is C14H18N2O4. The molecule has 0 aliphatic carbocycles. The van der Waals surface area contributed by atoms with E-state index in [-0.39, 0.29) is 18.6 Å². The van der Waals surface area contributed by atoms with Crippen molar-refractivity contribution in [2.24, 2.45) is 11.7 Å². The van der Waals surface area contributed by atoms with Gasteiger partial charge in [-0.3, -0.25) is 4.79 Å². The highest BCUT2D eigenvalue weighted by Gasteiger charge is 2.31. The number of amides is 1. The topological polar surface area (TPSA) is 90.6 Å². The van der Waals surface area contributed by atoms with Crippen LogP contribution in [0.5, 0.6) is 0 Å². The second-order valence-electron chi connectivity index (χ2n) is 4.56. The minimum absolute atomic E-state index is 0.244. The quantitative estimate of drug-likeness (QED) is 0.794. The first-order valence-electron chi connectivity index (χ1n) is 6.53. The van der Waals surface area contributed by atoms with Gasteiger partial charge in [-0.15, -0.1) is 0 Å². The van der Waals surface area contributed by atoms with E-state index in [1.807, 2.05) is 0 Å². The molecular weight excluding hydrogens is 260 g/mol. The molecule has 0 spiro atoms. The first-order chi connectivity index (χ1) is 9.63. The van der Waals surface area contributed by atoms with Crippen LogP contribution in [0, 0.1) is 5.92 Å². The lowest BCUT2D eigenvalue weighted by Crippen LogP contribution is -2.37. The fourth-order valence-corrected chi connectivity index (χ4v) is 2.05. The van der Waals surface area contributed by atoms with Gasteiger partial charge in [0.25, 0.3) is 0 Å². The normalized spacial score (nSPS) is 21.5. The van der Waals surface area contributed by atoms with Crippen LogP contribution in [0.4, 0.5) is 5.69 Å². The lowest BCUT2D eigenvalue weighted by Gasteiger charge is -2.15. The summed E-state index contributed by atoms with van der Waals surface area (Å²) in [6, 6.07) is 6.41. The molecule has 0 radical (unpaired) electrons. The summed E-state index contributed by atoms with van der Waals surface area (Å²) in [5.74, 6) is -1.10. The highest BCUT2D eigenvalue weighted by molar-refractivity contribution is 6.02. The van der Waals surface area contributed by atoms with Gasteiger partial charge in [0, 0.05) is 6.04 Å². The van der Waals surface area contributed by atoms with Gasteiger partial charge >= 0.3 is 5.97 Å². The van der Waals surface area contributed by atoms with Gasteiger partial charge in [0.2, 0.25) is 5.91 Å². The maximum absolute atomic E-state index is 12.1. The molecule has 108 valence electrons. The van der Waals surface area contributed by atoms with Crippen LogP contribution in [0.1, 0.15) is 17.3 Å². The van der Waals surface area contributed by atoms with E-state index in [9.17, 15) is 9.59 Å². The van der Waals surface area contributed by atoms with E-state index in [1.54, 1.807) is 31.2 Å². The molecule has 2 atom stereocenters. The molecule has 20 heavy (non-hydrogen) atoms. The number of carbonyl (C=O) groups is 2. The minimum atomic E-state index is -0.463. The molecule has 1 aliphatic heterocycles. The molecule has 6 heteroatoms. The molecule has 0 saturated carbocycles. The Morgan fingerprint density at radius 1 is 1.40 bits per heavy atom. The summed E-state index contributed by atoms with van der Waals surface area (Å²) in [4.78, 5) is 23.9. The van der Waals surface area contributed by atoms with Crippen LogP contribution in [0.2, 0.25) is 0 Å². The average Bonchev–Trinajstić information content (AvgIpc) is 2.86. The zero-order valence-electron chi connectivity index (χ0n) is 11.3. The average molecular weight is 278 g/mol. The van der Waals surface area contributed by atoms with Crippen molar-refractivity contribution in [3.05, 3.63) is 29.8 Å². The summed E-state index contributed by atoms with van der Waals surface area (Å²) in [6.07, 6.45) is 0. The van der Waals surface area contributed by atoms with Gasteiger partial charge < -0.3 is 20.5 Å². The van der Waals surface area contributed by atoms with Crippen LogP contribution in [0.15, 0.2) is 24.3 Å². The Hall–Kier alpha value is -1.92. The summed E-state index contributed by atoms with van der Waals surface area (Å²) >= 11 is 0. The van der Waals surface area contributed by atoms with E-state index in [1.165, 1.54) is 0 Å². The number of carbonyl (C=O) groups excluding carboxylic acids is 2. The van der Waals surface area contributed by atoms with Crippen LogP contribution in [-0.2, 0) is 14.3 Å². The van der Waals surface area contributed by atoms with Crippen molar-refractivity contribution in [2.45, 2.75) is 13.0 Å². The predicted octanol–water partition coefficient (Wildman–Crippen LogP) is 0.776. The molecule has 1 amide bonds. The zero-order chi connectivity index (χ0) is 14.5. The van der Waals surface area contributed by atoms with Crippen molar-refractivity contribution < 1.29 is 19.1 Å². The van der Waals surface area contributed by atoms with E-state index >= 15 is 0 Å². The number of para-hydroxylation sites is 1. The van der Waals surface area contributed by atoms with Gasteiger partial charge in [0.05, 0.1) is 37.0 Å². The van der Waals surface area contributed by atoms with E-state index in [0.29, 0.717) is 24.5 Å². The third-order valence-electron chi connectivity index (χ3n) is 3.14. The molecule has 0 aromatic heterocycles. The number of hydrogen-bond donors (Lipinski definition) is 2. The summed E-state index contributed by atoms with van der Waals surface area (Å²) < 4.78 is 10.1. The van der Waals surface area contributed by atoms with Gasteiger partial charge in [-0.25, -0.2) is 4.79 Å². The van der Waals surface area contributed by atoms with Gasteiger partial charge in [-0.2, -0.15) is 0 Å². The Labute approximate surface area is 117 Å². The Kier molecular flexibility index (Phi) is 4.70. The summed E-state index contributed by atoms with van der Waals surface area (Å²) in [5.41, 5.74) is 6.56. The number of anilines is 1. The number of nitrogens with one attached hydrogen (secondary N) is 1. The molecule has 1 aliphatic rings. The van der Waals surface area contributed by atoms with E-state index in [4.69, 9.17) is 15.2 Å². The SMILES string of the molecule is CCOC(=O)c1ccccc1NC(=O)C1COCC1N. The first-order valence-corrected chi connectivity index (χ1v) is 6.53. The lowest BCUT2D eigenvalue weighted by atomic mass is 10.0. The maximum atomic E-state index is 12.1. The highest BCUT2D eigenvalue weighted by Crippen LogP contribution is 2.19. The van der Waals surface area contributed by atoms with Gasteiger partial charge in [0.15, 0.2) is 0 Å². The largest absolute Gasteiger partial charge is 0.462 e. The zero-order valence-corrected chi connectivity index (χ0v) is 11.3. The molecule has 6 nitrogen and oxygen atoms in total. The highest BCUT2D eigenvalue weighted by atomic mass is 16.5. The van der Waals surface area contributed by atoms with Crippen molar-refractivity contribution in [1.82, 2.24) is 0 Å². The van der Waals surface area contributed by atoms with Gasteiger partial charge in [-0.1, -0.05) is 12.1 Å². The van der Waals surface area contributed by atoms with Crippen molar-refractivity contribution in [3.8, 4) is 0 Å². The lowest BCUT2D eigenvalue weighted by molar-refractivity contribution is -0.120. The molecule has 2 unspecified atom stereocenters. The number of hydrogen-bond acceptors (Lipinski definition) is 5. The fourth-order valence-electron chi connectivity index (χ4n) is 2.05. The third-order valence-corrected chi connectivity index (χ3v) is 3.14. The summed E-state index contributed by atoms with van der Waals surface area (Å²) in [5, 5.41) is 2.72. The first kappa shape index (κ1) is 14.5. The van der Waals surface area contributed by atoms with Gasteiger partial charge in [0.1, 0.15) is 0 Å². The Bertz CT molecular complexity index is 504. The van der Waals surface area contributed by atoms with Crippen molar-refractivity contribution in [1.29, 1.82) is 0 Å². The third kappa shape index (κ3) is 3.15. The molecule has 3 N–H and O–H groups in total. The van der Waals surface area contributed by atoms with Crippen LogP contribution in [0.25, 0.3) is 0 Å². The van der Waals surface area contributed by atoms with Crippen LogP contribution in [-0.4, -0.2) is 37.7 Å². The van der Waals surface area contributed by atoms with E-state index in [2.05, 4.69) is 5.32 Å². The molecule has 1 aromatic rings.